The van der Waals surface area contributed by atoms with E-state index in [4.69, 9.17) is 14.2 Å². The van der Waals surface area contributed by atoms with Crippen molar-refractivity contribution in [2.75, 3.05) is 26.1 Å². The van der Waals surface area contributed by atoms with Gasteiger partial charge in [0.05, 0.1) is 32.1 Å². The lowest BCUT2D eigenvalue weighted by Crippen LogP contribution is -2.15. The summed E-state index contributed by atoms with van der Waals surface area (Å²) in [5.41, 5.74) is 0.506. The van der Waals surface area contributed by atoms with Crippen LogP contribution in [-0.2, 0) is 4.74 Å². The van der Waals surface area contributed by atoms with E-state index in [-0.39, 0.29) is 17.9 Å². The van der Waals surface area contributed by atoms with E-state index in [0.717, 1.165) is 0 Å². The molecule has 0 bridgehead atoms. The Kier molecular flexibility index (Phi) is 4.98. The molecule has 0 atom stereocenters. The zero-order chi connectivity index (χ0) is 13.5. The van der Waals surface area contributed by atoms with Gasteiger partial charge in [0.2, 0.25) is 0 Å². The quantitative estimate of drug-likeness (QED) is 0.813. The smallest absolute Gasteiger partial charge is 0.411 e. The van der Waals surface area contributed by atoms with Crippen LogP contribution in [0, 0.1) is 0 Å². The molecule has 1 rings (SSSR count). The Morgan fingerprint density at radius 3 is 2.56 bits per heavy atom. The van der Waals surface area contributed by atoms with Crippen LogP contribution in [0.2, 0.25) is 0 Å². The van der Waals surface area contributed by atoms with Crippen molar-refractivity contribution >= 4 is 18.1 Å². The highest BCUT2D eigenvalue weighted by Crippen LogP contribution is 2.34. The van der Waals surface area contributed by atoms with Gasteiger partial charge in [-0.3, -0.25) is 10.1 Å². The first-order chi connectivity index (χ1) is 8.67. The second-order valence-corrected chi connectivity index (χ2v) is 3.23. The summed E-state index contributed by atoms with van der Waals surface area (Å²) in [5, 5.41) is 2.46. The molecule has 18 heavy (non-hydrogen) atoms. The van der Waals surface area contributed by atoms with E-state index in [9.17, 15) is 9.59 Å². The van der Waals surface area contributed by atoms with Crippen LogP contribution >= 0.6 is 0 Å². The molecule has 1 amide bonds. The second kappa shape index (κ2) is 6.48. The lowest BCUT2D eigenvalue weighted by molar-refractivity contribution is 0.112. The fraction of sp³-hybridized carbons (Fsp3) is 0.333. The summed E-state index contributed by atoms with van der Waals surface area (Å²) in [6.07, 6.45) is -0.0454. The number of hydrogen-bond donors (Lipinski definition) is 1. The van der Waals surface area contributed by atoms with Crippen LogP contribution in [0.4, 0.5) is 10.5 Å². The largest absolute Gasteiger partial charge is 0.493 e. The fourth-order valence-electron chi connectivity index (χ4n) is 1.45. The van der Waals surface area contributed by atoms with Gasteiger partial charge in [-0.25, -0.2) is 4.79 Å². The van der Waals surface area contributed by atoms with E-state index in [2.05, 4.69) is 5.32 Å². The summed E-state index contributed by atoms with van der Waals surface area (Å²) < 4.78 is 14.9. The van der Waals surface area contributed by atoms with Crippen molar-refractivity contribution in [3.63, 3.8) is 0 Å². The Morgan fingerprint density at radius 1 is 1.33 bits per heavy atom. The first-order valence-electron chi connectivity index (χ1n) is 5.31. The molecule has 0 fully saturated rings. The van der Waals surface area contributed by atoms with Crippen LogP contribution < -0.4 is 14.8 Å². The molecule has 0 saturated carbocycles. The van der Waals surface area contributed by atoms with Gasteiger partial charge < -0.3 is 14.2 Å². The number of hydrogen-bond acceptors (Lipinski definition) is 5. The minimum absolute atomic E-state index is 0.199. The van der Waals surface area contributed by atoms with Gasteiger partial charge in [0, 0.05) is 0 Å². The summed E-state index contributed by atoms with van der Waals surface area (Å²) >= 11 is 0. The number of nitrogens with one attached hydrogen (secondary N) is 1. The van der Waals surface area contributed by atoms with E-state index in [1.807, 2.05) is 0 Å². The molecule has 1 N–H and O–H groups in total. The molecule has 6 heteroatoms. The number of ether oxygens (including phenoxy) is 3. The molecule has 1 aromatic carbocycles. The van der Waals surface area contributed by atoms with E-state index in [1.165, 1.54) is 14.2 Å². The Bertz CT molecular complexity index is 444. The normalized spacial score (nSPS) is 9.50. The number of amides is 1. The minimum atomic E-state index is -0.632. The molecule has 0 radical (unpaired) electrons. The molecule has 0 aliphatic heterocycles. The Balaban J connectivity index is 3.12. The van der Waals surface area contributed by atoms with Crippen LogP contribution in [0.15, 0.2) is 12.1 Å². The number of methoxy groups -OCH3 is 2. The highest BCUT2D eigenvalue weighted by Gasteiger charge is 2.16. The lowest BCUT2D eigenvalue weighted by atomic mass is 10.1. The van der Waals surface area contributed by atoms with Crippen molar-refractivity contribution in [3.05, 3.63) is 17.7 Å². The SMILES string of the molecule is CCOC(=O)Nc1ccc(OC)c(OC)c1C=O. The van der Waals surface area contributed by atoms with Crippen molar-refractivity contribution in [2.24, 2.45) is 0 Å². The minimum Gasteiger partial charge on any atom is -0.493 e. The third kappa shape index (κ3) is 2.91. The number of carbonyl (C=O) groups is 2. The van der Waals surface area contributed by atoms with E-state index in [1.54, 1.807) is 19.1 Å². The predicted molar refractivity (Wildman–Crippen MR) is 65.6 cm³/mol. The van der Waals surface area contributed by atoms with Gasteiger partial charge in [-0.15, -0.1) is 0 Å². The second-order valence-electron chi connectivity index (χ2n) is 3.23. The van der Waals surface area contributed by atoms with Gasteiger partial charge in [-0.2, -0.15) is 0 Å². The lowest BCUT2D eigenvalue weighted by Gasteiger charge is -2.13. The van der Waals surface area contributed by atoms with Crippen LogP contribution in [0.25, 0.3) is 0 Å². The average Bonchev–Trinajstić information content (AvgIpc) is 2.38. The Hall–Kier alpha value is -2.24. The molecular weight excluding hydrogens is 238 g/mol. The van der Waals surface area contributed by atoms with Crippen molar-refractivity contribution in [2.45, 2.75) is 6.92 Å². The molecule has 0 aliphatic carbocycles. The number of carbonyl (C=O) groups excluding carboxylic acids is 2. The molecule has 0 spiro atoms. The van der Waals surface area contributed by atoms with Gasteiger partial charge in [-0.05, 0) is 19.1 Å². The highest BCUT2D eigenvalue weighted by molar-refractivity contribution is 5.96. The van der Waals surface area contributed by atoms with Crippen LogP contribution in [0.1, 0.15) is 17.3 Å². The van der Waals surface area contributed by atoms with Gasteiger partial charge >= 0.3 is 6.09 Å². The van der Waals surface area contributed by atoms with Crippen LogP contribution in [-0.4, -0.2) is 33.2 Å². The maximum Gasteiger partial charge on any atom is 0.411 e. The standard InChI is InChI=1S/C12H15NO5/c1-4-18-12(15)13-9-5-6-10(16-2)11(17-3)8(9)7-14/h5-7H,4H2,1-3H3,(H,13,15). The molecular formula is C12H15NO5. The first-order valence-corrected chi connectivity index (χ1v) is 5.31. The highest BCUT2D eigenvalue weighted by atomic mass is 16.5. The molecule has 98 valence electrons. The van der Waals surface area contributed by atoms with Gasteiger partial charge in [0.15, 0.2) is 17.8 Å². The first kappa shape index (κ1) is 13.8. The van der Waals surface area contributed by atoms with Crippen LogP contribution in [0.3, 0.4) is 0 Å². The summed E-state index contributed by atoms with van der Waals surface area (Å²) in [7, 11) is 2.88. The van der Waals surface area contributed by atoms with Crippen molar-refractivity contribution in [1.29, 1.82) is 0 Å². The monoisotopic (exact) mass is 253 g/mol. The topological polar surface area (TPSA) is 73.9 Å². The molecule has 0 aromatic heterocycles. The number of rotatable bonds is 5. The molecule has 1 aromatic rings. The fourth-order valence-corrected chi connectivity index (χ4v) is 1.45. The Morgan fingerprint density at radius 2 is 2.06 bits per heavy atom. The summed E-state index contributed by atoms with van der Waals surface area (Å²) in [6.45, 7) is 1.93. The molecule has 0 heterocycles. The number of aldehydes is 1. The number of anilines is 1. The average molecular weight is 253 g/mol. The van der Waals surface area contributed by atoms with Crippen molar-refractivity contribution in [1.82, 2.24) is 0 Å². The summed E-state index contributed by atoms with van der Waals surface area (Å²) in [6, 6.07) is 3.13. The van der Waals surface area contributed by atoms with E-state index >= 15 is 0 Å². The maximum absolute atomic E-state index is 11.3. The van der Waals surface area contributed by atoms with Crippen molar-refractivity contribution in [3.8, 4) is 11.5 Å². The summed E-state index contributed by atoms with van der Waals surface area (Å²) in [5.74, 6) is 0.677. The van der Waals surface area contributed by atoms with E-state index < -0.39 is 6.09 Å². The zero-order valence-electron chi connectivity index (χ0n) is 10.5. The Labute approximate surface area is 105 Å². The maximum atomic E-state index is 11.3. The predicted octanol–water partition coefficient (Wildman–Crippen LogP) is 2.08. The van der Waals surface area contributed by atoms with Gasteiger partial charge in [-0.1, -0.05) is 0 Å². The third-order valence-corrected chi connectivity index (χ3v) is 2.21. The van der Waals surface area contributed by atoms with Crippen LogP contribution in [0.5, 0.6) is 11.5 Å². The third-order valence-electron chi connectivity index (χ3n) is 2.21. The van der Waals surface area contributed by atoms with E-state index in [0.29, 0.717) is 17.7 Å². The van der Waals surface area contributed by atoms with Crippen molar-refractivity contribution < 1.29 is 23.8 Å². The summed E-state index contributed by atoms with van der Waals surface area (Å²) in [4.78, 5) is 22.4. The molecule has 6 nitrogen and oxygen atoms in total. The van der Waals surface area contributed by atoms with Gasteiger partial charge in [0.25, 0.3) is 0 Å². The zero-order valence-corrected chi connectivity index (χ0v) is 10.5. The molecule has 0 saturated heterocycles. The molecule has 0 aliphatic rings. The molecule has 0 unspecified atom stereocenters. The van der Waals surface area contributed by atoms with Gasteiger partial charge in [0.1, 0.15) is 0 Å². The number of benzene rings is 1.